The third-order valence-electron chi connectivity index (χ3n) is 3.31. The fourth-order valence-electron chi connectivity index (χ4n) is 2.35. The summed E-state index contributed by atoms with van der Waals surface area (Å²) in [7, 11) is 0. The average Bonchev–Trinajstić information content (AvgIpc) is 2.46. The van der Waals surface area contributed by atoms with Gasteiger partial charge in [0.05, 0.1) is 12.1 Å². The lowest BCUT2D eigenvalue weighted by Crippen LogP contribution is -2.29. The van der Waals surface area contributed by atoms with Gasteiger partial charge < -0.3 is 19.9 Å². The highest BCUT2D eigenvalue weighted by Gasteiger charge is 2.21. The van der Waals surface area contributed by atoms with Gasteiger partial charge in [0.2, 0.25) is 0 Å². The van der Waals surface area contributed by atoms with Gasteiger partial charge in [-0.2, -0.15) is 0 Å². The van der Waals surface area contributed by atoms with E-state index in [1.807, 2.05) is 25.1 Å². The Labute approximate surface area is 114 Å². The summed E-state index contributed by atoms with van der Waals surface area (Å²) in [6.07, 6.45) is 2.07. The van der Waals surface area contributed by atoms with E-state index in [1.54, 1.807) is 0 Å². The maximum Gasteiger partial charge on any atom is 0.161 e. The highest BCUT2D eigenvalue weighted by Crippen LogP contribution is 2.33. The van der Waals surface area contributed by atoms with Crippen LogP contribution in [0.15, 0.2) is 18.2 Å². The third kappa shape index (κ3) is 3.39. The minimum absolute atomic E-state index is 0.0533. The number of fused-ring (bicyclic) bond motifs is 1. The van der Waals surface area contributed by atoms with E-state index in [9.17, 15) is 0 Å². The molecule has 0 amide bonds. The minimum Gasteiger partial charge on any atom is -0.486 e. The van der Waals surface area contributed by atoms with Crippen LogP contribution in [0.3, 0.4) is 0 Å². The summed E-state index contributed by atoms with van der Waals surface area (Å²) in [6, 6.07) is 5.77. The Hall–Kier alpha value is -1.26. The van der Waals surface area contributed by atoms with Crippen LogP contribution in [0.5, 0.6) is 11.5 Å². The van der Waals surface area contributed by atoms with Gasteiger partial charge in [0.25, 0.3) is 0 Å². The van der Waals surface area contributed by atoms with Crippen LogP contribution in [0.1, 0.15) is 38.3 Å². The van der Waals surface area contributed by atoms with Gasteiger partial charge in [-0.25, -0.2) is 0 Å². The number of rotatable bonds is 6. The molecule has 106 valence electrons. The van der Waals surface area contributed by atoms with E-state index in [1.165, 1.54) is 0 Å². The van der Waals surface area contributed by atoms with Crippen LogP contribution in [-0.4, -0.2) is 25.9 Å². The summed E-state index contributed by atoms with van der Waals surface area (Å²) in [6.45, 7) is 6.02. The Morgan fingerprint density at radius 3 is 2.63 bits per heavy atom. The summed E-state index contributed by atoms with van der Waals surface area (Å²) >= 11 is 0. The molecule has 1 aromatic rings. The van der Waals surface area contributed by atoms with Crippen LogP contribution in [0.2, 0.25) is 0 Å². The molecule has 0 spiro atoms. The van der Waals surface area contributed by atoms with Crippen molar-refractivity contribution in [3.63, 3.8) is 0 Å². The molecule has 0 bridgehead atoms. The topological polar surface area (TPSA) is 53.7 Å². The van der Waals surface area contributed by atoms with Gasteiger partial charge in [-0.1, -0.05) is 19.4 Å². The zero-order chi connectivity index (χ0) is 13.7. The van der Waals surface area contributed by atoms with E-state index in [-0.39, 0.29) is 12.1 Å². The van der Waals surface area contributed by atoms with Crippen molar-refractivity contribution in [2.24, 2.45) is 5.73 Å². The van der Waals surface area contributed by atoms with Gasteiger partial charge in [0.1, 0.15) is 13.2 Å². The number of hydrogen-bond acceptors (Lipinski definition) is 4. The van der Waals surface area contributed by atoms with E-state index in [0.717, 1.165) is 29.9 Å². The van der Waals surface area contributed by atoms with E-state index in [4.69, 9.17) is 19.9 Å². The smallest absolute Gasteiger partial charge is 0.161 e. The molecule has 4 nitrogen and oxygen atoms in total. The number of hydrogen-bond donors (Lipinski definition) is 1. The molecule has 2 atom stereocenters. The van der Waals surface area contributed by atoms with E-state index in [0.29, 0.717) is 19.8 Å². The Balaban J connectivity index is 2.15. The van der Waals surface area contributed by atoms with Crippen molar-refractivity contribution in [1.82, 2.24) is 0 Å². The molecular formula is C15H23NO3. The lowest BCUT2D eigenvalue weighted by Gasteiger charge is -2.25. The average molecular weight is 265 g/mol. The van der Waals surface area contributed by atoms with Gasteiger partial charge in [0.15, 0.2) is 11.5 Å². The molecule has 0 fully saturated rings. The molecular weight excluding hydrogens is 242 g/mol. The van der Waals surface area contributed by atoms with Gasteiger partial charge in [-0.15, -0.1) is 0 Å². The standard InChI is InChI=1S/C15H23NO3/c1-3-5-13(17-4-2)15(16)11-6-7-12-14(10-11)19-9-8-18-12/h6-7,10,13,15H,3-5,8-9,16H2,1-2H3. The highest BCUT2D eigenvalue weighted by atomic mass is 16.6. The third-order valence-corrected chi connectivity index (χ3v) is 3.31. The van der Waals surface area contributed by atoms with Gasteiger partial charge in [-0.3, -0.25) is 0 Å². The number of ether oxygens (including phenoxy) is 3. The molecule has 2 unspecified atom stereocenters. The van der Waals surface area contributed by atoms with Crippen molar-refractivity contribution in [2.75, 3.05) is 19.8 Å². The SMILES string of the molecule is CCCC(OCC)C(N)c1ccc2c(c1)OCCO2. The lowest BCUT2D eigenvalue weighted by atomic mass is 9.98. The summed E-state index contributed by atoms with van der Waals surface area (Å²) in [5, 5.41) is 0. The van der Waals surface area contributed by atoms with Crippen molar-refractivity contribution < 1.29 is 14.2 Å². The van der Waals surface area contributed by atoms with E-state index in [2.05, 4.69) is 6.92 Å². The molecule has 1 aliphatic rings. The Kier molecular flexibility index (Phi) is 5.05. The summed E-state index contributed by atoms with van der Waals surface area (Å²) in [5.41, 5.74) is 7.36. The molecule has 1 aliphatic heterocycles. The van der Waals surface area contributed by atoms with Crippen molar-refractivity contribution in [3.8, 4) is 11.5 Å². The van der Waals surface area contributed by atoms with Gasteiger partial charge in [-0.05, 0) is 31.0 Å². The molecule has 0 radical (unpaired) electrons. The Bertz CT molecular complexity index is 402. The van der Waals surface area contributed by atoms with Crippen molar-refractivity contribution in [1.29, 1.82) is 0 Å². The normalized spacial score (nSPS) is 17.0. The van der Waals surface area contributed by atoms with Crippen LogP contribution in [0.4, 0.5) is 0 Å². The van der Waals surface area contributed by atoms with Crippen LogP contribution < -0.4 is 15.2 Å². The zero-order valence-electron chi connectivity index (χ0n) is 11.7. The molecule has 2 N–H and O–H groups in total. The van der Waals surface area contributed by atoms with Crippen molar-refractivity contribution in [2.45, 2.75) is 38.8 Å². The van der Waals surface area contributed by atoms with E-state index >= 15 is 0 Å². The monoisotopic (exact) mass is 265 g/mol. The maximum absolute atomic E-state index is 6.32. The number of nitrogens with two attached hydrogens (primary N) is 1. The van der Waals surface area contributed by atoms with Gasteiger partial charge in [0, 0.05) is 6.61 Å². The molecule has 0 saturated carbocycles. The van der Waals surface area contributed by atoms with Crippen LogP contribution in [0, 0.1) is 0 Å². The molecule has 2 rings (SSSR count). The fraction of sp³-hybridized carbons (Fsp3) is 0.600. The first-order chi connectivity index (χ1) is 9.26. The molecule has 0 aromatic heterocycles. The van der Waals surface area contributed by atoms with Crippen molar-refractivity contribution >= 4 is 0 Å². The first-order valence-electron chi connectivity index (χ1n) is 7.03. The summed E-state index contributed by atoms with van der Waals surface area (Å²) in [5.74, 6) is 1.58. The first kappa shape index (κ1) is 14.2. The molecule has 1 heterocycles. The second kappa shape index (κ2) is 6.78. The Morgan fingerprint density at radius 1 is 1.21 bits per heavy atom. The van der Waals surface area contributed by atoms with Gasteiger partial charge >= 0.3 is 0 Å². The lowest BCUT2D eigenvalue weighted by molar-refractivity contribution is 0.0373. The summed E-state index contributed by atoms with van der Waals surface area (Å²) in [4.78, 5) is 0. The molecule has 1 aromatic carbocycles. The highest BCUT2D eigenvalue weighted by molar-refractivity contribution is 5.44. The van der Waals surface area contributed by atoms with Crippen LogP contribution in [-0.2, 0) is 4.74 Å². The largest absolute Gasteiger partial charge is 0.486 e. The predicted molar refractivity (Wildman–Crippen MR) is 74.7 cm³/mol. The minimum atomic E-state index is -0.129. The van der Waals surface area contributed by atoms with Crippen LogP contribution >= 0.6 is 0 Å². The zero-order valence-corrected chi connectivity index (χ0v) is 11.7. The predicted octanol–water partition coefficient (Wildman–Crippen LogP) is 2.66. The molecule has 4 heteroatoms. The van der Waals surface area contributed by atoms with Crippen molar-refractivity contribution in [3.05, 3.63) is 23.8 Å². The number of benzene rings is 1. The quantitative estimate of drug-likeness (QED) is 0.859. The molecule has 19 heavy (non-hydrogen) atoms. The van der Waals surface area contributed by atoms with E-state index < -0.39 is 0 Å². The summed E-state index contributed by atoms with van der Waals surface area (Å²) < 4.78 is 16.9. The molecule has 0 saturated heterocycles. The van der Waals surface area contributed by atoms with Crippen LogP contribution in [0.25, 0.3) is 0 Å². The fourth-order valence-corrected chi connectivity index (χ4v) is 2.35. The maximum atomic E-state index is 6.32. The first-order valence-corrected chi connectivity index (χ1v) is 7.03. The Morgan fingerprint density at radius 2 is 1.95 bits per heavy atom. The second-order valence-corrected chi connectivity index (χ2v) is 4.71. The molecule has 0 aliphatic carbocycles. The second-order valence-electron chi connectivity index (χ2n) is 4.71.